The van der Waals surface area contributed by atoms with Crippen molar-refractivity contribution in [3.8, 4) is 0 Å². The molecule has 0 aliphatic heterocycles. The van der Waals surface area contributed by atoms with E-state index in [-0.39, 0.29) is 18.5 Å². The molecule has 0 amide bonds. The zero-order chi connectivity index (χ0) is 16.7. The van der Waals surface area contributed by atoms with Gasteiger partial charge in [-0.05, 0) is 32.0 Å². The summed E-state index contributed by atoms with van der Waals surface area (Å²) in [5.74, 6) is 0.531. The minimum atomic E-state index is -0.640. The van der Waals surface area contributed by atoms with Crippen molar-refractivity contribution in [3.63, 3.8) is 0 Å². The first kappa shape index (κ1) is 17.7. The van der Waals surface area contributed by atoms with Crippen LogP contribution >= 0.6 is 0 Å². The maximum absolute atomic E-state index is 13.9. The van der Waals surface area contributed by atoms with E-state index >= 15 is 0 Å². The Hall–Kier alpha value is -1.69. The number of aliphatic hydroxyl groups is 1. The summed E-state index contributed by atoms with van der Waals surface area (Å²) < 4.78 is 24.7. The SMILES string of the molecule is CC(C)OC[C@H](O)CN(Cc1ccco1)Cc1ccccc1F. The zero-order valence-electron chi connectivity index (χ0n) is 13.6. The van der Waals surface area contributed by atoms with Crippen molar-refractivity contribution in [2.45, 2.75) is 39.1 Å². The zero-order valence-corrected chi connectivity index (χ0v) is 13.6. The average molecular weight is 321 g/mol. The Bertz CT molecular complexity index is 571. The Labute approximate surface area is 136 Å². The maximum Gasteiger partial charge on any atom is 0.127 e. The van der Waals surface area contributed by atoms with Gasteiger partial charge in [0, 0.05) is 18.7 Å². The molecular weight excluding hydrogens is 297 g/mol. The normalized spacial score (nSPS) is 13.0. The average Bonchev–Trinajstić information content (AvgIpc) is 3.00. The molecule has 126 valence electrons. The summed E-state index contributed by atoms with van der Waals surface area (Å²) in [4.78, 5) is 1.95. The van der Waals surface area contributed by atoms with Crippen molar-refractivity contribution in [3.05, 3.63) is 59.8 Å². The number of hydrogen-bond acceptors (Lipinski definition) is 4. The van der Waals surface area contributed by atoms with Gasteiger partial charge in [0.05, 0.1) is 31.6 Å². The highest BCUT2D eigenvalue weighted by Gasteiger charge is 2.16. The fourth-order valence-corrected chi connectivity index (χ4v) is 2.33. The van der Waals surface area contributed by atoms with E-state index in [1.165, 1.54) is 6.07 Å². The number of ether oxygens (including phenoxy) is 1. The summed E-state index contributed by atoms with van der Waals surface area (Å²) in [6, 6.07) is 10.4. The van der Waals surface area contributed by atoms with E-state index in [2.05, 4.69) is 0 Å². The monoisotopic (exact) mass is 321 g/mol. The first-order valence-corrected chi connectivity index (χ1v) is 7.82. The third-order valence-corrected chi connectivity index (χ3v) is 3.40. The molecule has 0 aliphatic rings. The topological polar surface area (TPSA) is 45.8 Å². The van der Waals surface area contributed by atoms with Crippen molar-refractivity contribution in [1.82, 2.24) is 4.90 Å². The van der Waals surface area contributed by atoms with Gasteiger partial charge in [0.2, 0.25) is 0 Å². The van der Waals surface area contributed by atoms with Crippen LogP contribution in [-0.4, -0.2) is 35.4 Å². The van der Waals surface area contributed by atoms with E-state index in [1.54, 1.807) is 18.4 Å². The van der Waals surface area contributed by atoms with Crippen molar-refractivity contribution < 1.29 is 18.7 Å². The van der Waals surface area contributed by atoms with E-state index in [0.29, 0.717) is 25.2 Å². The maximum atomic E-state index is 13.9. The molecule has 0 unspecified atom stereocenters. The lowest BCUT2D eigenvalue weighted by Gasteiger charge is -2.25. The highest BCUT2D eigenvalue weighted by molar-refractivity contribution is 5.17. The molecule has 23 heavy (non-hydrogen) atoms. The first-order chi connectivity index (χ1) is 11.0. The molecule has 2 rings (SSSR count). The Morgan fingerprint density at radius 3 is 2.61 bits per heavy atom. The molecule has 1 heterocycles. The summed E-state index contributed by atoms with van der Waals surface area (Å²) >= 11 is 0. The second kappa shape index (κ2) is 8.82. The van der Waals surface area contributed by atoms with Crippen LogP contribution < -0.4 is 0 Å². The van der Waals surface area contributed by atoms with Gasteiger partial charge in [0.15, 0.2) is 0 Å². The summed E-state index contributed by atoms with van der Waals surface area (Å²) in [6.45, 7) is 5.37. The largest absolute Gasteiger partial charge is 0.468 e. The molecule has 1 aromatic heterocycles. The number of aliphatic hydroxyl groups excluding tert-OH is 1. The molecule has 2 aromatic rings. The van der Waals surface area contributed by atoms with Crippen LogP contribution in [0.2, 0.25) is 0 Å². The Balaban J connectivity index is 2.01. The molecule has 0 bridgehead atoms. The Morgan fingerprint density at radius 2 is 1.96 bits per heavy atom. The lowest BCUT2D eigenvalue weighted by atomic mass is 10.2. The lowest BCUT2D eigenvalue weighted by molar-refractivity contribution is -0.0115. The smallest absolute Gasteiger partial charge is 0.127 e. The molecule has 0 fully saturated rings. The highest BCUT2D eigenvalue weighted by atomic mass is 19.1. The number of halogens is 1. The van der Waals surface area contributed by atoms with E-state index in [0.717, 1.165) is 5.76 Å². The van der Waals surface area contributed by atoms with E-state index in [4.69, 9.17) is 9.15 Å². The fraction of sp³-hybridized carbons (Fsp3) is 0.444. The Morgan fingerprint density at radius 1 is 1.17 bits per heavy atom. The molecule has 1 aromatic carbocycles. The number of hydrogen-bond donors (Lipinski definition) is 1. The molecule has 1 N–H and O–H groups in total. The van der Waals surface area contributed by atoms with Crippen LogP contribution in [0.4, 0.5) is 4.39 Å². The summed E-state index contributed by atoms with van der Waals surface area (Å²) in [6.07, 6.45) is 1.03. The molecule has 5 heteroatoms. The molecule has 0 radical (unpaired) electrons. The standard InChI is InChI=1S/C18H24FNO3/c1-14(2)23-13-16(21)11-20(12-17-7-5-9-22-17)10-15-6-3-4-8-18(15)19/h3-9,14,16,21H,10-13H2,1-2H3/t16-/m1/s1. The molecular formula is C18H24FNO3. The minimum Gasteiger partial charge on any atom is -0.468 e. The van der Waals surface area contributed by atoms with Crippen LogP contribution in [0.25, 0.3) is 0 Å². The molecule has 0 aliphatic carbocycles. The summed E-state index contributed by atoms with van der Waals surface area (Å²) in [5, 5.41) is 10.2. The van der Waals surface area contributed by atoms with Gasteiger partial charge in [-0.25, -0.2) is 4.39 Å². The van der Waals surface area contributed by atoms with Gasteiger partial charge in [0.1, 0.15) is 11.6 Å². The van der Waals surface area contributed by atoms with E-state index in [1.807, 2.05) is 36.9 Å². The molecule has 0 spiro atoms. The minimum absolute atomic E-state index is 0.0646. The third kappa shape index (κ3) is 6.14. The van der Waals surface area contributed by atoms with Crippen LogP contribution in [0.15, 0.2) is 47.1 Å². The van der Waals surface area contributed by atoms with Crippen molar-refractivity contribution in [2.75, 3.05) is 13.2 Å². The third-order valence-electron chi connectivity index (χ3n) is 3.40. The first-order valence-electron chi connectivity index (χ1n) is 7.82. The van der Waals surface area contributed by atoms with Gasteiger partial charge in [-0.2, -0.15) is 0 Å². The van der Waals surface area contributed by atoms with Gasteiger partial charge < -0.3 is 14.3 Å². The number of rotatable bonds is 9. The molecule has 0 saturated heterocycles. The van der Waals surface area contributed by atoms with Crippen molar-refractivity contribution >= 4 is 0 Å². The second-order valence-electron chi connectivity index (χ2n) is 5.88. The van der Waals surface area contributed by atoms with Gasteiger partial charge in [-0.3, -0.25) is 4.90 Å². The molecule has 1 atom stereocenters. The number of benzene rings is 1. The summed E-state index contributed by atoms with van der Waals surface area (Å²) in [5.41, 5.74) is 0.594. The van der Waals surface area contributed by atoms with Gasteiger partial charge in [-0.15, -0.1) is 0 Å². The van der Waals surface area contributed by atoms with Gasteiger partial charge >= 0.3 is 0 Å². The Kier molecular flexibility index (Phi) is 6.77. The van der Waals surface area contributed by atoms with E-state index in [9.17, 15) is 9.50 Å². The fourth-order valence-electron chi connectivity index (χ4n) is 2.33. The van der Waals surface area contributed by atoms with Crippen LogP contribution in [-0.2, 0) is 17.8 Å². The van der Waals surface area contributed by atoms with Crippen molar-refractivity contribution in [2.24, 2.45) is 0 Å². The lowest BCUT2D eigenvalue weighted by Crippen LogP contribution is -2.35. The van der Waals surface area contributed by atoms with Crippen LogP contribution in [0.1, 0.15) is 25.2 Å². The van der Waals surface area contributed by atoms with Crippen LogP contribution in [0.5, 0.6) is 0 Å². The predicted molar refractivity (Wildman–Crippen MR) is 86.3 cm³/mol. The predicted octanol–water partition coefficient (Wildman–Crippen LogP) is 3.21. The highest BCUT2D eigenvalue weighted by Crippen LogP contribution is 2.14. The van der Waals surface area contributed by atoms with Crippen molar-refractivity contribution in [1.29, 1.82) is 0 Å². The molecule has 0 saturated carbocycles. The quantitative estimate of drug-likeness (QED) is 0.770. The van der Waals surface area contributed by atoms with Gasteiger partial charge in [-0.1, -0.05) is 18.2 Å². The second-order valence-corrected chi connectivity index (χ2v) is 5.88. The van der Waals surface area contributed by atoms with Crippen LogP contribution in [0.3, 0.4) is 0 Å². The summed E-state index contributed by atoms with van der Waals surface area (Å²) in [7, 11) is 0. The number of nitrogens with zero attached hydrogens (tertiary/aromatic N) is 1. The van der Waals surface area contributed by atoms with E-state index < -0.39 is 6.10 Å². The van der Waals surface area contributed by atoms with Crippen LogP contribution in [0, 0.1) is 5.82 Å². The van der Waals surface area contributed by atoms with Gasteiger partial charge in [0.25, 0.3) is 0 Å². The number of furan rings is 1. The molecule has 4 nitrogen and oxygen atoms in total.